The van der Waals surface area contributed by atoms with Crippen molar-refractivity contribution in [3.05, 3.63) is 29.8 Å². The quantitative estimate of drug-likeness (QED) is 0.865. The molecule has 0 radical (unpaired) electrons. The Morgan fingerprint density at radius 3 is 2.79 bits per heavy atom. The zero-order valence-electron chi connectivity index (χ0n) is 11.5. The van der Waals surface area contributed by atoms with E-state index in [-0.39, 0.29) is 11.8 Å². The molecule has 1 aliphatic rings. The van der Waals surface area contributed by atoms with Gasteiger partial charge in [-0.15, -0.1) is 0 Å². The minimum absolute atomic E-state index is 0.254. The Hall–Kier alpha value is -1.16. The number of nitrogens with zero attached hydrogens (tertiary/aromatic N) is 1. The van der Waals surface area contributed by atoms with E-state index in [9.17, 15) is 4.79 Å². The van der Waals surface area contributed by atoms with Gasteiger partial charge in [0.05, 0.1) is 0 Å². The van der Waals surface area contributed by atoms with Crippen molar-refractivity contribution in [2.75, 3.05) is 30.3 Å². The number of benzene rings is 1. The topological polar surface area (TPSA) is 46.3 Å². The van der Waals surface area contributed by atoms with Crippen LogP contribution < -0.4 is 5.73 Å². The van der Waals surface area contributed by atoms with E-state index in [1.54, 1.807) is 0 Å². The molecule has 0 aromatic heterocycles. The lowest BCUT2D eigenvalue weighted by Gasteiger charge is -2.22. The fraction of sp³-hybridized carbons (Fsp3) is 0.533. The van der Waals surface area contributed by atoms with Crippen molar-refractivity contribution in [2.45, 2.75) is 25.7 Å². The fourth-order valence-electron chi connectivity index (χ4n) is 2.33. The van der Waals surface area contributed by atoms with Crippen LogP contribution in [-0.2, 0) is 4.79 Å². The first-order valence-electron chi connectivity index (χ1n) is 6.88. The molecule has 19 heavy (non-hydrogen) atoms. The molecule has 1 atom stereocenters. The lowest BCUT2D eigenvalue weighted by Crippen LogP contribution is -2.33. The van der Waals surface area contributed by atoms with Crippen LogP contribution in [-0.4, -0.2) is 35.4 Å². The van der Waals surface area contributed by atoms with Crippen molar-refractivity contribution >= 4 is 23.4 Å². The van der Waals surface area contributed by atoms with E-state index in [4.69, 9.17) is 5.73 Å². The second kappa shape index (κ2) is 6.85. The van der Waals surface area contributed by atoms with Gasteiger partial charge in [0.1, 0.15) is 0 Å². The van der Waals surface area contributed by atoms with E-state index < -0.39 is 0 Å². The van der Waals surface area contributed by atoms with Gasteiger partial charge in [0.2, 0.25) is 5.91 Å². The molecule has 1 amide bonds. The summed E-state index contributed by atoms with van der Waals surface area (Å²) >= 11 is 1.95. The summed E-state index contributed by atoms with van der Waals surface area (Å²) in [7, 11) is 0. The van der Waals surface area contributed by atoms with Gasteiger partial charge in [0.25, 0.3) is 0 Å². The number of rotatable bonds is 3. The Bertz CT molecular complexity index is 411. The molecule has 0 saturated carbocycles. The molecule has 1 aromatic rings. The predicted molar refractivity (Wildman–Crippen MR) is 82.4 cm³/mol. The third-order valence-electron chi connectivity index (χ3n) is 3.56. The number of nitrogens with two attached hydrogens (primary N) is 1. The van der Waals surface area contributed by atoms with Gasteiger partial charge in [-0.2, -0.15) is 11.8 Å². The van der Waals surface area contributed by atoms with Crippen LogP contribution in [0.5, 0.6) is 0 Å². The molecule has 1 aromatic carbocycles. The number of hydrogen-bond acceptors (Lipinski definition) is 3. The van der Waals surface area contributed by atoms with E-state index >= 15 is 0 Å². The van der Waals surface area contributed by atoms with E-state index in [1.165, 1.54) is 11.3 Å². The standard InChI is InChI=1S/C15H22N2OS/c1-12(13-3-5-14(16)6-4-13)11-15(18)17-7-2-9-19-10-8-17/h3-6,12H,2,7-11,16H2,1H3. The number of anilines is 1. The first kappa shape index (κ1) is 14.3. The lowest BCUT2D eigenvalue weighted by molar-refractivity contribution is -0.131. The number of nitrogen functional groups attached to an aromatic ring is 1. The molecular weight excluding hydrogens is 256 g/mol. The van der Waals surface area contributed by atoms with Crippen LogP contribution in [0.1, 0.15) is 31.2 Å². The lowest BCUT2D eigenvalue weighted by atomic mass is 9.97. The van der Waals surface area contributed by atoms with Gasteiger partial charge in [-0.05, 0) is 35.8 Å². The Kier molecular flexibility index (Phi) is 5.14. The molecule has 1 fully saturated rings. The Balaban J connectivity index is 1.92. The maximum atomic E-state index is 12.3. The van der Waals surface area contributed by atoms with Crippen LogP contribution in [0, 0.1) is 0 Å². The van der Waals surface area contributed by atoms with Crippen molar-refractivity contribution < 1.29 is 4.79 Å². The fourth-order valence-corrected chi connectivity index (χ4v) is 3.22. The molecule has 4 heteroatoms. The summed E-state index contributed by atoms with van der Waals surface area (Å²) in [6.07, 6.45) is 1.71. The molecule has 104 valence electrons. The molecule has 1 aliphatic heterocycles. The smallest absolute Gasteiger partial charge is 0.223 e. The molecule has 0 aliphatic carbocycles. The minimum Gasteiger partial charge on any atom is -0.399 e. The molecule has 1 unspecified atom stereocenters. The maximum Gasteiger partial charge on any atom is 0.223 e. The highest BCUT2D eigenvalue weighted by molar-refractivity contribution is 7.99. The third kappa shape index (κ3) is 4.16. The summed E-state index contributed by atoms with van der Waals surface area (Å²) in [4.78, 5) is 14.3. The van der Waals surface area contributed by atoms with E-state index in [1.807, 2.05) is 40.9 Å². The van der Waals surface area contributed by atoms with E-state index in [2.05, 4.69) is 6.92 Å². The first-order valence-corrected chi connectivity index (χ1v) is 8.03. The van der Waals surface area contributed by atoms with Crippen LogP contribution in [0.4, 0.5) is 5.69 Å². The zero-order chi connectivity index (χ0) is 13.7. The van der Waals surface area contributed by atoms with Gasteiger partial charge in [0.15, 0.2) is 0 Å². The molecule has 0 spiro atoms. The average molecular weight is 278 g/mol. The molecule has 0 bridgehead atoms. The molecule has 2 rings (SSSR count). The van der Waals surface area contributed by atoms with Gasteiger partial charge in [-0.1, -0.05) is 19.1 Å². The summed E-state index contributed by atoms with van der Waals surface area (Å²) in [5.41, 5.74) is 7.64. The van der Waals surface area contributed by atoms with Crippen molar-refractivity contribution in [1.29, 1.82) is 0 Å². The van der Waals surface area contributed by atoms with E-state index in [0.29, 0.717) is 6.42 Å². The number of amides is 1. The Morgan fingerprint density at radius 1 is 1.32 bits per heavy atom. The Morgan fingerprint density at radius 2 is 2.05 bits per heavy atom. The van der Waals surface area contributed by atoms with Gasteiger partial charge >= 0.3 is 0 Å². The largest absolute Gasteiger partial charge is 0.399 e. The zero-order valence-corrected chi connectivity index (χ0v) is 12.3. The highest BCUT2D eigenvalue weighted by Crippen LogP contribution is 2.22. The minimum atomic E-state index is 0.254. The summed E-state index contributed by atoms with van der Waals surface area (Å²) in [6, 6.07) is 7.84. The number of carbonyl (C=O) groups excluding carboxylic acids is 1. The molecular formula is C15H22N2OS. The van der Waals surface area contributed by atoms with Crippen LogP contribution >= 0.6 is 11.8 Å². The molecule has 2 N–H and O–H groups in total. The maximum absolute atomic E-state index is 12.3. The SMILES string of the molecule is CC(CC(=O)N1CCCSCC1)c1ccc(N)cc1. The third-order valence-corrected chi connectivity index (χ3v) is 4.61. The molecule has 1 heterocycles. The van der Waals surface area contributed by atoms with E-state index in [0.717, 1.165) is 31.0 Å². The second-order valence-corrected chi connectivity index (χ2v) is 6.34. The number of carbonyl (C=O) groups is 1. The summed E-state index contributed by atoms with van der Waals surface area (Å²) in [5, 5.41) is 0. The van der Waals surface area contributed by atoms with Crippen molar-refractivity contribution in [2.24, 2.45) is 0 Å². The number of hydrogen-bond donors (Lipinski definition) is 1. The normalized spacial score (nSPS) is 17.8. The van der Waals surface area contributed by atoms with Crippen LogP contribution in [0.3, 0.4) is 0 Å². The van der Waals surface area contributed by atoms with Crippen molar-refractivity contribution in [3.8, 4) is 0 Å². The van der Waals surface area contributed by atoms with Crippen LogP contribution in [0.15, 0.2) is 24.3 Å². The van der Waals surface area contributed by atoms with Crippen LogP contribution in [0.25, 0.3) is 0 Å². The summed E-state index contributed by atoms with van der Waals surface area (Å²) < 4.78 is 0. The van der Waals surface area contributed by atoms with Crippen molar-refractivity contribution in [1.82, 2.24) is 4.90 Å². The average Bonchev–Trinajstić information content (AvgIpc) is 2.68. The second-order valence-electron chi connectivity index (χ2n) is 5.12. The highest BCUT2D eigenvalue weighted by Gasteiger charge is 2.18. The van der Waals surface area contributed by atoms with Gasteiger partial charge in [-0.25, -0.2) is 0 Å². The van der Waals surface area contributed by atoms with Gasteiger partial charge in [-0.3, -0.25) is 4.79 Å². The van der Waals surface area contributed by atoms with Crippen molar-refractivity contribution in [3.63, 3.8) is 0 Å². The molecule has 3 nitrogen and oxygen atoms in total. The number of thioether (sulfide) groups is 1. The Labute approximate surface area is 119 Å². The van der Waals surface area contributed by atoms with Gasteiger partial charge < -0.3 is 10.6 Å². The predicted octanol–water partition coefficient (Wildman–Crippen LogP) is 2.73. The summed E-state index contributed by atoms with van der Waals surface area (Å²) in [5.74, 6) is 2.79. The van der Waals surface area contributed by atoms with Gasteiger partial charge in [0, 0.05) is 31.0 Å². The molecule has 1 saturated heterocycles. The van der Waals surface area contributed by atoms with Crippen LogP contribution in [0.2, 0.25) is 0 Å². The monoisotopic (exact) mass is 278 g/mol. The summed E-state index contributed by atoms with van der Waals surface area (Å²) in [6.45, 7) is 3.92. The highest BCUT2D eigenvalue weighted by atomic mass is 32.2. The first-order chi connectivity index (χ1) is 9.16.